The number of hydrogen-bond donors (Lipinski definition) is 2. The third kappa shape index (κ3) is 57.3. The summed E-state index contributed by atoms with van der Waals surface area (Å²) in [6.07, 6.45) is 69.5. The molecule has 11 nitrogen and oxygen atoms in total. The summed E-state index contributed by atoms with van der Waals surface area (Å²) in [6, 6.07) is 0. The summed E-state index contributed by atoms with van der Waals surface area (Å²) in [4.78, 5) is 48.7. The van der Waals surface area contributed by atoms with Crippen LogP contribution in [0.15, 0.2) is 85.1 Å². The highest BCUT2D eigenvalue weighted by Gasteiger charge is 2.28. The van der Waals surface area contributed by atoms with E-state index in [0.29, 0.717) is 19.3 Å². The largest absolute Gasteiger partial charge is 0.472 e. The Labute approximate surface area is 477 Å². The number of hydrogen-bond acceptors (Lipinski definition) is 10. The maximum Gasteiger partial charge on any atom is 0.472 e. The van der Waals surface area contributed by atoms with Gasteiger partial charge in [0.2, 0.25) is 0 Å². The first-order valence-corrected chi connectivity index (χ1v) is 33.0. The molecule has 0 aliphatic rings. The Morgan fingerprint density at radius 1 is 0.372 bits per heavy atom. The minimum Gasteiger partial charge on any atom is -0.462 e. The lowest BCUT2D eigenvalue weighted by molar-refractivity contribution is -0.161. The Bertz CT molecular complexity index is 1630. The molecule has 0 saturated carbocycles. The lowest BCUT2D eigenvalue weighted by Crippen LogP contribution is -2.30. The molecule has 3 unspecified atom stereocenters. The van der Waals surface area contributed by atoms with Crippen LogP contribution in [0.25, 0.3) is 0 Å². The van der Waals surface area contributed by atoms with Gasteiger partial charge in [-0.3, -0.25) is 23.4 Å². The SMILES string of the molecule is CC/C=C\C/C=C\C/C=C\C/C=C\CCCCCCCCC(=O)OC(COC(=O)CCCCCCCCC/C=C\CCCCCCCC)COP(=O)(O)OCC(CO)OC(=O)CCCCCCC/C=C\C/C=C\CCCCC. The van der Waals surface area contributed by atoms with Gasteiger partial charge in [0.15, 0.2) is 6.10 Å². The number of unbranched alkanes of at least 4 members (excludes halogenated alkanes) is 27. The van der Waals surface area contributed by atoms with E-state index in [-0.39, 0.29) is 25.9 Å². The van der Waals surface area contributed by atoms with Gasteiger partial charge in [-0.1, -0.05) is 228 Å². The van der Waals surface area contributed by atoms with Crippen molar-refractivity contribution in [1.82, 2.24) is 0 Å². The Morgan fingerprint density at radius 3 is 1.06 bits per heavy atom. The lowest BCUT2D eigenvalue weighted by atomic mass is 10.1. The molecule has 0 rings (SSSR count). The van der Waals surface area contributed by atoms with Crippen molar-refractivity contribution in [3.8, 4) is 0 Å². The minimum atomic E-state index is -4.76. The number of ether oxygens (including phenoxy) is 3. The first-order chi connectivity index (χ1) is 38.2. The van der Waals surface area contributed by atoms with Crippen LogP contribution in [0.1, 0.15) is 278 Å². The Balaban J connectivity index is 4.76. The number of allylic oxidation sites excluding steroid dienone is 14. The van der Waals surface area contributed by atoms with Crippen molar-refractivity contribution < 1.29 is 52.2 Å². The zero-order valence-electron chi connectivity index (χ0n) is 49.9. The van der Waals surface area contributed by atoms with E-state index in [1.54, 1.807) is 0 Å². The molecule has 78 heavy (non-hydrogen) atoms. The van der Waals surface area contributed by atoms with E-state index in [4.69, 9.17) is 23.3 Å². The first-order valence-electron chi connectivity index (χ1n) is 31.5. The van der Waals surface area contributed by atoms with Crippen LogP contribution in [0, 0.1) is 0 Å². The number of aliphatic hydroxyl groups excluding tert-OH is 1. The van der Waals surface area contributed by atoms with E-state index in [2.05, 4.69) is 106 Å². The van der Waals surface area contributed by atoms with Crippen LogP contribution in [0.4, 0.5) is 0 Å². The van der Waals surface area contributed by atoms with Crippen molar-refractivity contribution in [3.63, 3.8) is 0 Å². The monoisotopic (exact) mass is 1110 g/mol. The van der Waals surface area contributed by atoms with E-state index in [9.17, 15) is 28.9 Å². The van der Waals surface area contributed by atoms with E-state index in [0.717, 1.165) is 135 Å². The molecule has 0 radical (unpaired) electrons. The highest BCUT2D eigenvalue weighted by Crippen LogP contribution is 2.43. The predicted octanol–water partition coefficient (Wildman–Crippen LogP) is 19.0. The molecule has 3 atom stereocenters. The molecule has 0 amide bonds. The van der Waals surface area contributed by atoms with Crippen LogP contribution in [0.2, 0.25) is 0 Å². The molecule has 0 aromatic carbocycles. The Morgan fingerprint density at radius 2 is 0.667 bits per heavy atom. The van der Waals surface area contributed by atoms with Crippen LogP contribution < -0.4 is 0 Å². The molecule has 0 heterocycles. The fraction of sp³-hybridized carbons (Fsp3) is 0.742. The number of phosphoric ester groups is 1. The zero-order valence-corrected chi connectivity index (χ0v) is 50.8. The van der Waals surface area contributed by atoms with E-state index in [1.807, 2.05) is 0 Å². The Kier molecular flexibility index (Phi) is 57.2. The van der Waals surface area contributed by atoms with Gasteiger partial charge in [0.1, 0.15) is 12.7 Å². The molecule has 0 saturated heterocycles. The minimum absolute atomic E-state index is 0.147. The van der Waals surface area contributed by atoms with Crippen molar-refractivity contribution >= 4 is 25.7 Å². The molecular formula is C66H115O11P. The summed E-state index contributed by atoms with van der Waals surface area (Å²) >= 11 is 0. The van der Waals surface area contributed by atoms with Gasteiger partial charge in [-0.15, -0.1) is 0 Å². The normalized spacial score (nSPS) is 13.9. The smallest absolute Gasteiger partial charge is 0.462 e. The fourth-order valence-corrected chi connectivity index (χ4v) is 9.27. The standard InChI is InChI=1S/C66H115O11P/c1-4-7-10-13-16-19-22-25-28-30-31-33-36-39-42-45-48-51-54-57-66(70)77-63(59-73-64(68)55-52-49-46-43-40-37-35-32-29-26-23-20-17-14-11-8-5-2)61-75-78(71,72)74-60-62(58-67)76-65(69)56-53-50-47-44-41-38-34-27-24-21-18-15-12-9-6-3/h7,10,16,18-19,21,25-29,31,33-34,62-63,67H,4-6,8-9,11-15,17,20,22-24,30,32,35-61H2,1-3H3,(H,71,72)/b10-7-,19-16-,21-18-,28-25-,29-26-,33-31-,34-27-. The van der Waals surface area contributed by atoms with Gasteiger partial charge in [0.25, 0.3) is 0 Å². The predicted molar refractivity (Wildman–Crippen MR) is 325 cm³/mol. The van der Waals surface area contributed by atoms with Gasteiger partial charge in [-0.2, -0.15) is 0 Å². The summed E-state index contributed by atoms with van der Waals surface area (Å²) in [5.41, 5.74) is 0. The van der Waals surface area contributed by atoms with Gasteiger partial charge in [0, 0.05) is 19.3 Å². The highest BCUT2D eigenvalue weighted by atomic mass is 31.2. The van der Waals surface area contributed by atoms with Gasteiger partial charge >= 0.3 is 25.7 Å². The average Bonchev–Trinajstić information content (AvgIpc) is 3.43. The van der Waals surface area contributed by atoms with Crippen LogP contribution in [0.3, 0.4) is 0 Å². The lowest BCUT2D eigenvalue weighted by Gasteiger charge is -2.21. The topological polar surface area (TPSA) is 155 Å². The van der Waals surface area contributed by atoms with Gasteiger partial charge in [0.05, 0.1) is 19.8 Å². The molecule has 0 aromatic rings. The molecule has 0 fully saturated rings. The first kappa shape index (κ1) is 74.7. The molecule has 2 N–H and O–H groups in total. The maximum atomic E-state index is 12.9. The molecule has 0 bridgehead atoms. The van der Waals surface area contributed by atoms with Gasteiger partial charge in [-0.25, -0.2) is 4.57 Å². The summed E-state index contributed by atoms with van der Waals surface area (Å²) < 4.78 is 39.6. The summed E-state index contributed by atoms with van der Waals surface area (Å²) in [5.74, 6) is -1.49. The number of aliphatic hydroxyl groups is 1. The number of phosphoric acid groups is 1. The number of carbonyl (C=O) groups excluding carboxylic acids is 3. The fourth-order valence-electron chi connectivity index (χ4n) is 8.49. The summed E-state index contributed by atoms with van der Waals surface area (Å²) in [5, 5.41) is 9.84. The molecule has 0 aliphatic carbocycles. The van der Waals surface area contributed by atoms with Crippen LogP contribution >= 0.6 is 7.82 Å². The molecule has 0 spiro atoms. The van der Waals surface area contributed by atoms with Gasteiger partial charge in [-0.05, 0) is 116 Å². The van der Waals surface area contributed by atoms with Crippen LogP contribution in [-0.4, -0.2) is 66.5 Å². The van der Waals surface area contributed by atoms with Crippen molar-refractivity contribution in [2.75, 3.05) is 26.4 Å². The van der Waals surface area contributed by atoms with E-state index in [1.165, 1.54) is 83.5 Å². The van der Waals surface area contributed by atoms with E-state index < -0.39 is 57.8 Å². The van der Waals surface area contributed by atoms with Crippen molar-refractivity contribution in [1.29, 1.82) is 0 Å². The Hall–Kier alpha value is -3.34. The molecular weight excluding hydrogens is 1000 g/mol. The third-order valence-corrected chi connectivity index (χ3v) is 14.2. The zero-order chi connectivity index (χ0) is 56.9. The number of rotatable bonds is 58. The second-order valence-electron chi connectivity index (χ2n) is 20.8. The summed E-state index contributed by atoms with van der Waals surface area (Å²) in [7, 11) is -4.76. The van der Waals surface area contributed by atoms with Crippen molar-refractivity contribution in [3.05, 3.63) is 85.1 Å². The molecule has 450 valence electrons. The van der Waals surface area contributed by atoms with E-state index >= 15 is 0 Å². The average molecular weight is 1120 g/mol. The quantitative estimate of drug-likeness (QED) is 0.0197. The highest BCUT2D eigenvalue weighted by molar-refractivity contribution is 7.47. The van der Waals surface area contributed by atoms with Crippen LogP contribution in [0.5, 0.6) is 0 Å². The summed E-state index contributed by atoms with van der Waals surface area (Å²) in [6.45, 7) is 4.49. The maximum absolute atomic E-state index is 12.9. The molecule has 0 aromatic heterocycles. The van der Waals surface area contributed by atoms with Crippen LogP contribution in [-0.2, 0) is 42.2 Å². The second-order valence-corrected chi connectivity index (χ2v) is 22.3. The van der Waals surface area contributed by atoms with Crippen molar-refractivity contribution in [2.45, 2.75) is 290 Å². The van der Waals surface area contributed by atoms with Gasteiger partial charge < -0.3 is 24.2 Å². The third-order valence-electron chi connectivity index (χ3n) is 13.3. The second kappa shape index (κ2) is 59.8. The molecule has 12 heteroatoms. The molecule has 0 aliphatic heterocycles. The number of esters is 3. The number of carbonyl (C=O) groups is 3. The van der Waals surface area contributed by atoms with Crippen molar-refractivity contribution in [2.24, 2.45) is 0 Å².